The van der Waals surface area contributed by atoms with Gasteiger partial charge in [-0.15, -0.1) is 0 Å². The molecule has 2 heterocycles. The Morgan fingerprint density at radius 1 is 1.15 bits per heavy atom. The fourth-order valence-corrected chi connectivity index (χ4v) is 2.48. The van der Waals surface area contributed by atoms with Crippen molar-refractivity contribution in [3.05, 3.63) is 69.5 Å². The fraction of sp³-hybridized carbons (Fsp3) is 0. The van der Waals surface area contributed by atoms with Crippen molar-refractivity contribution in [3.8, 4) is 16.9 Å². The number of nitrogens with zero attached hydrogens (tertiary/aromatic N) is 2. The molecule has 0 atom stereocenters. The summed E-state index contributed by atoms with van der Waals surface area (Å²) in [6.45, 7) is 0. The molecule has 0 unspecified atom stereocenters. The van der Waals surface area contributed by atoms with E-state index >= 15 is 0 Å². The van der Waals surface area contributed by atoms with Gasteiger partial charge >= 0.3 is 0 Å². The Labute approximate surface area is 124 Å². The molecule has 3 aromatic rings. The Kier molecular flexibility index (Phi) is 3.34. The quantitative estimate of drug-likeness (QED) is 0.787. The van der Waals surface area contributed by atoms with Gasteiger partial charge in [-0.05, 0) is 24.3 Å². The Hall–Kier alpha value is -2.04. The first-order valence-electron chi connectivity index (χ1n) is 5.82. The lowest BCUT2D eigenvalue weighted by atomic mass is 10.2. The van der Waals surface area contributed by atoms with Gasteiger partial charge in [-0.25, -0.2) is 4.98 Å². The number of hydrogen-bond donors (Lipinski definition) is 1. The predicted molar refractivity (Wildman–Crippen MR) is 79.6 cm³/mol. The number of benzene rings is 1. The van der Waals surface area contributed by atoms with Crippen LogP contribution in [0.25, 0.3) is 16.9 Å². The average Bonchev–Trinajstić information content (AvgIpc) is 2.87. The maximum absolute atomic E-state index is 11.4. The van der Waals surface area contributed by atoms with E-state index in [1.165, 1.54) is 6.07 Å². The molecular weight excluding hydrogens is 297 g/mol. The van der Waals surface area contributed by atoms with Gasteiger partial charge in [-0.2, -0.15) is 0 Å². The summed E-state index contributed by atoms with van der Waals surface area (Å²) in [6.07, 6.45) is 4.92. The Morgan fingerprint density at radius 3 is 2.75 bits per heavy atom. The molecule has 0 saturated carbocycles. The Morgan fingerprint density at radius 2 is 2.00 bits per heavy atom. The van der Waals surface area contributed by atoms with Crippen LogP contribution < -0.4 is 5.56 Å². The minimum absolute atomic E-state index is 0.169. The number of aromatic nitrogens is 3. The summed E-state index contributed by atoms with van der Waals surface area (Å²) in [7, 11) is 0. The van der Waals surface area contributed by atoms with Crippen LogP contribution in [-0.4, -0.2) is 14.5 Å². The molecule has 2 aromatic heterocycles. The second-order valence-corrected chi connectivity index (χ2v) is 5.03. The highest BCUT2D eigenvalue weighted by molar-refractivity contribution is 6.35. The number of nitrogens with one attached hydrogen (secondary N) is 1. The Bertz CT molecular complexity index is 823. The molecule has 0 saturated heterocycles. The minimum Gasteiger partial charge on any atom is -0.329 e. The molecule has 3 rings (SSSR count). The van der Waals surface area contributed by atoms with Crippen molar-refractivity contribution >= 4 is 23.2 Å². The topological polar surface area (TPSA) is 50.7 Å². The number of H-pyrrole nitrogens is 1. The highest BCUT2D eigenvalue weighted by Gasteiger charge is 2.10. The van der Waals surface area contributed by atoms with E-state index in [2.05, 4.69) is 9.97 Å². The van der Waals surface area contributed by atoms with E-state index in [0.29, 0.717) is 10.0 Å². The van der Waals surface area contributed by atoms with Gasteiger partial charge < -0.3 is 4.98 Å². The average molecular weight is 306 g/mol. The largest absolute Gasteiger partial charge is 0.329 e. The molecule has 4 nitrogen and oxygen atoms in total. The van der Waals surface area contributed by atoms with Crippen molar-refractivity contribution in [1.82, 2.24) is 14.5 Å². The maximum atomic E-state index is 11.4. The van der Waals surface area contributed by atoms with E-state index in [4.69, 9.17) is 23.2 Å². The molecule has 0 spiro atoms. The maximum Gasteiger partial charge on any atom is 0.248 e. The second kappa shape index (κ2) is 5.15. The summed E-state index contributed by atoms with van der Waals surface area (Å²) in [6, 6.07) is 8.55. The lowest BCUT2D eigenvalue weighted by molar-refractivity contribution is 1.06. The third-order valence-electron chi connectivity index (χ3n) is 2.88. The van der Waals surface area contributed by atoms with E-state index < -0.39 is 0 Å². The molecule has 0 amide bonds. The van der Waals surface area contributed by atoms with Crippen molar-refractivity contribution in [2.75, 3.05) is 0 Å². The van der Waals surface area contributed by atoms with Gasteiger partial charge in [0.05, 0.1) is 28.9 Å². The summed E-state index contributed by atoms with van der Waals surface area (Å²) in [5.41, 5.74) is 2.12. The van der Waals surface area contributed by atoms with Crippen LogP contribution >= 0.6 is 23.2 Å². The number of hydrogen-bond acceptors (Lipinski definition) is 2. The van der Waals surface area contributed by atoms with Crippen LogP contribution in [-0.2, 0) is 0 Å². The van der Waals surface area contributed by atoms with E-state index in [1.807, 2.05) is 10.6 Å². The van der Waals surface area contributed by atoms with E-state index in [9.17, 15) is 4.79 Å². The second-order valence-electron chi connectivity index (χ2n) is 4.19. The zero-order valence-corrected chi connectivity index (χ0v) is 11.7. The zero-order valence-electron chi connectivity index (χ0n) is 10.2. The number of rotatable bonds is 2. The predicted octanol–water partition coefficient (Wildman–Crippen LogP) is 3.53. The van der Waals surface area contributed by atoms with E-state index in [-0.39, 0.29) is 5.56 Å². The van der Waals surface area contributed by atoms with Gasteiger partial charge in [-0.1, -0.05) is 23.2 Å². The summed E-state index contributed by atoms with van der Waals surface area (Å²) in [5.74, 6) is 0. The number of imidazole rings is 1. The smallest absolute Gasteiger partial charge is 0.248 e. The monoisotopic (exact) mass is 305 g/mol. The fourth-order valence-electron chi connectivity index (χ4n) is 1.98. The first kappa shape index (κ1) is 13.0. The third kappa shape index (κ3) is 2.35. The summed E-state index contributed by atoms with van der Waals surface area (Å²) in [5, 5.41) is 1.08. The molecule has 0 bridgehead atoms. The van der Waals surface area contributed by atoms with Gasteiger partial charge in [0.2, 0.25) is 5.56 Å². The van der Waals surface area contributed by atoms with Crippen LogP contribution in [0.5, 0.6) is 0 Å². The molecule has 0 aliphatic carbocycles. The van der Waals surface area contributed by atoms with Crippen molar-refractivity contribution < 1.29 is 0 Å². The van der Waals surface area contributed by atoms with Gasteiger partial charge in [0, 0.05) is 22.8 Å². The standard InChI is InChI=1S/C14H9Cl2N3O/c15-10-1-2-12(11(16)6-10)19-8-17-7-13(19)9-3-4-18-14(20)5-9/h1-8H,(H,18,20). The molecule has 0 aliphatic heterocycles. The molecule has 100 valence electrons. The molecular formula is C14H9Cl2N3O. The number of aromatic amines is 1. The van der Waals surface area contributed by atoms with E-state index in [1.54, 1.807) is 36.9 Å². The van der Waals surface area contributed by atoms with Crippen molar-refractivity contribution in [3.63, 3.8) is 0 Å². The summed E-state index contributed by atoms with van der Waals surface area (Å²) < 4.78 is 1.81. The number of halogens is 2. The van der Waals surface area contributed by atoms with Crippen LogP contribution in [0.1, 0.15) is 0 Å². The molecule has 0 aliphatic rings. The van der Waals surface area contributed by atoms with Crippen LogP contribution in [0.2, 0.25) is 10.0 Å². The van der Waals surface area contributed by atoms with Gasteiger partial charge in [0.25, 0.3) is 0 Å². The lowest BCUT2D eigenvalue weighted by Gasteiger charge is -2.10. The molecule has 6 heteroatoms. The highest BCUT2D eigenvalue weighted by atomic mass is 35.5. The first-order chi connectivity index (χ1) is 9.65. The zero-order chi connectivity index (χ0) is 14.1. The minimum atomic E-state index is -0.169. The highest BCUT2D eigenvalue weighted by Crippen LogP contribution is 2.28. The van der Waals surface area contributed by atoms with Gasteiger partial charge in [-0.3, -0.25) is 9.36 Å². The van der Waals surface area contributed by atoms with Crippen LogP contribution in [0.4, 0.5) is 0 Å². The van der Waals surface area contributed by atoms with E-state index in [0.717, 1.165) is 16.9 Å². The summed E-state index contributed by atoms with van der Waals surface area (Å²) >= 11 is 12.1. The van der Waals surface area contributed by atoms with Crippen LogP contribution in [0.15, 0.2) is 53.8 Å². The number of pyridine rings is 1. The molecule has 20 heavy (non-hydrogen) atoms. The van der Waals surface area contributed by atoms with Gasteiger partial charge in [0.15, 0.2) is 0 Å². The molecule has 0 fully saturated rings. The Balaban J connectivity index is 2.17. The van der Waals surface area contributed by atoms with Crippen molar-refractivity contribution in [2.45, 2.75) is 0 Å². The lowest BCUT2D eigenvalue weighted by Crippen LogP contribution is -2.04. The molecule has 1 N–H and O–H groups in total. The SMILES string of the molecule is O=c1cc(-c2cncn2-c2ccc(Cl)cc2Cl)cc[nH]1. The van der Waals surface area contributed by atoms with Gasteiger partial charge in [0.1, 0.15) is 0 Å². The summed E-state index contributed by atoms with van der Waals surface area (Å²) in [4.78, 5) is 18.1. The third-order valence-corrected chi connectivity index (χ3v) is 3.42. The van der Waals surface area contributed by atoms with Crippen LogP contribution in [0.3, 0.4) is 0 Å². The normalized spacial score (nSPS) is 10.7. The molecule has 1 aromatic carbocycles. The van der Waals surface area contributed by atoms with Crippen molar-refractivity contribution in [2.24, 2.45) is 0 Å². The van der Waals surface area contributed by atoms with Crippen molar-refractivity contribution in [1.29, 1.82) is 0 Å². The van der Waals surface area contributed by atoms with Crippen LogP contribution in [0, 0.1) is 0 Å². The molecule has 0 radical (unpaired) electrons. The first-order valence-corrected chi connectivity index (χ1v) is 6.57.